The van der Waals surface area contributed by atoms with Crippen LogP contribution in [0.25, 0.3) is 0 Å². The molecule has 160 valence electrons. The van der Waals surface area contributed by atoms with Gasteiger partial charge in [0.05, 0.1) is 12.6 Å². The minimum absolute atomic E-state index is 0.278. The Bertz CT molecular complexity index is 893. The van der Waals surface area contributed by atoms with E-state index in [2.05, 4.69) is 10.2 Å². The molecule has 30 heavy (non-hydrogen) atoms. The van der Waals surface area contributed by atoms with Gasteiger partial charge < -0.3 is 19.9 Å². The number of hydrogen-bond donors (Lipinski definition) is 1. The molecule has 7 heteroatoms. The molecule has 0 spiro atoms. The van der Waals surface area contributed by atoms with Crippen molar-refractivity contribution in [1.82, 2.24) is 10.2 Å². The Morgan fingerprint density at radius 1 is 1.10 bits per heavy atom. The Kier molecular flexibility index (Phi) is 6.92. The summed E-state index contributed by atoms with van der Waals surface area (Å²) < 4.78 is 18.8. The molecule has 1 fully saturated rings. The van der Waals surface area contributed by atoms with Crippen LogP contribution < -0.4 is 15.0 Å². The molecule has 1 unspecified atom stereocenters. The van der Waals surface area contributed by atoms with Crippen LogP contribution in [-0.4, -0.2) is 49.5 Å². The zero-order valence-corrected chi connectivity index (χ0v) is 17.7. The normalized spacial score (nSPS) is 14.9. The number of carbonyl (C=O) groups excluding carboxylic acids is 2. The van der Waals surface area contributed by atoms with Crippen LogP contribution in [0.3, 0.4) is 0 Å². The Balaban J connectivity index is 1.58. The number of nitrogens with zero attached hydrogens (tertiary/aromatic N) is 2. The third kappa shape index (κ3) is 5.09. The second-order valence-corrected chi connectivity index (χ2v) is 7.43. The molecule has 1 saturated heterocycles. The van der Waals surface area contributed by atoms with Gasteiger partial charge in [0, 0.05) is 37.4 Å². The van der Waals surface area contributed by atoms with Gasteiger partial charge >= 0.3 is 11.8 Å². The molecular weight excluding hydrogens is 385 g/mol. The fraction of sp³-hybridized carbons (Fsp3) is 0.391. The molecular formula is C23H28FN3O3. The van der Waals surface area contributed by atoms with E-state index in [0.717, 1.165) is 16.8 Å². The van der Waals surface area contributed by atoms with Crippen molar-refractivity contribution in [2.45, 2.75) is 26.8 Å². The van der Waals surface area contributed by atoms with E-state index in [4.69, 9.17) is 4.74 Å². The molecule has 1 N–H and O–H groups in total. The molecule has 2 aromatic rings. The molecule has 0 saturated carbocycles. The van der Waals surface area contributed by atoms with Gasteiger partial charge in [-0.2, -0.15) is 0 Å². The number of benzene rings is 2. The SMILES string of the molecule is CCOc1ccc(C)cc1C(C)NC(=O)C(=O)N1CCN(c2ccc(F)cc2)CC1. The van der Waals surface area contributed by atoms with Crippen LogP contribution in [-0.2, 0) is 9.59 Å². The lowest BCUT2D eigenvalue weighted by Gasteiger charge is -2.35. The average Bonchev–Trinajstić information content (AvgIpc) is 2.75. The molecule has 1 aliphatic heterocycles. The van der Waals surface area contributed by atoms with E-state index in [1.807, 2.05) is 39.0 Å². The summed E-state index contributed by atoms with van der Waals surface area (Å²) >= 11 is 0. The van der Waals surface area contributed by atoms with Crippen molar-refractivity contribution < 1.29 is 18.7 Å². The minimum Gasteiger partial charge on any atom is -0.494 e. The third-order valence-electron chi connectivity index (χ3n) is 5.23. The van der Waals surface area contributed by atoms with Gasteiger partial charge in [-0.25, -0.2) is 4.39 Å². The number of carbonyl (C=O) groups is 2. The van der Waals surface area contributed by atoms with Crippen molar-refractivity contribution in [3.63, 3.8) is 0 Å². The Labute approximate surface area is 176 Å². The van der Waals surface area contributed by atoms with Gasteiger partial charge in [-0.3, -0.25) is 9.59 Å². The Hall–Kier alpha value is -3.09. The number of hydrogen-bond acceptors (Lipinski definition) is 4. The number of halogens is 1. The molecule has 6 nitrogen and oxygen atoms in total. The first-order chi connectivity index (χ1) is 14.4. The lowest BCUT2D eigenvalue weighted by Crippen LogP contribution is -2.52. The number of ether oxygens (including phenoxy) is 1. The monoisotopic (exact) mass is 413 g/mol. The zero-order chi connectivity index (χ0) is 21.7. The summed E-state index contributed by atoms with van der Waals surface area (Å²) in [6.45, 7) is 8.29. The second-order valence-electron chi connectivity index (χ2n) is 7.43. The maximum atomic E-state index is 13.1. The highest BCUT2D eigenvalue weighted by Crippen LogP contribution is 2.26. The molecule has 0 radical (unpaired) electrons. The Morgan fingerprint density at radius 3 is 2.40 bits per heavy atom. The fourth-order valence-electron chi connectivity index (χ4n) is 3.59. The van der Waals surface area contributed by atoms with Crippen LogP contribution in [0.1, 0.15) is 31.0 Å². The number of aryl methyl sites for hydroxylation is 1. The molecule has 1 heterocycles. The summed E-state index contributed by atoms with van der Waals surface area (Å²) in [6.07, 6.45) is 0. The van der Waals surface area contributed by atoms with E-state index in [0.29, 0.717) is 38.5 Å². The van der Waals surface area contributed by atoms with Crippen LogP contribution in [0.15, 0.2) is 42.5 Å². The van der Waals surface area contributed by atoms with Gasteiger partial charge in [-0.15, -0.1) is 0 Å². The number of piperazine rings is 1. The van der Waals surface area contributed by atoms with Crippen molar-refractivity contribution >= 4 is 17.5 Å². The number of amides is 2. The van der Waals surface area contributed by atoms with E-state index in [-0.39, 0.29) is 11.9 Å². The standard InChI is InChI=1S/C23H28FN3O3/c1-4-30-21-10-5-16(2)15-20(21)17(3)25-22(28)23(29)27-13-11-26(12-14-27)19-8-6-18(24)7-9-19/h5-10,15,17H,4,11-14H2,1-3H3,(H,25,28). The lowest BCUT2D eigenvalue weighted by molar-refractivity contribution is -0.146. The summed E-state index contributed by atoms with van der Waals surface area (Å²) in [7, 11) is 0. The summed E-state index contributed by atoms with van der Waals surface area (Å²) in [5.74, 6) is -0.733. The molecule has 2 amide bonds. The van der Waals surface area contributed by atoms with E-state index in [1.54, 1.807) is 17.0 Å². The first-order valence-corrected chi connectivity index (χ1v) is 10.2. The van der Waals surface area contributed by atoms with Crippen LogP contribution in [0.4, 0.5) is 10.1 Å². The first-order valence-electron chi connectivity index (χ1n) is 10.2. The second kappa shape index (κ2) is 9.61. The third-order valence-corrected chi connectivity index (χ3v) is 5.23. The molecule has 2 aromatic carbocycles. The molecule has 1 atom stereocenters. The molecule has 0 aromatic heterocycles. The smallest absolute Gasteiger partial charge is 0.312 e. The van der Waals surface area contributed by atoms with Gasteiger partial charge in [0.2, 0.25) is 0 Å². The van der Waals surface area contributed by atoms with Gasteiger partial charge in [-0.1, -0.05) is 17.7 Å². The predicted molar refractivity (Wildman–Crippen MR) is 114 cm³/mol. The summed E-state index contributed by atoms with van der Waals surface area (Å²) in [5, 5.41) is 2.80. The molecule has 0 aliphatic carbocycles. The molecule has 0 bridgehead atoms. The minimum atomic E-state index is -0.623. The fourth-order valence-corrected chi connectivity index (χ4v) is 3.59. The number of anilines is 1. The summed E-state index contributed by atoms with van der Waals surface area (Å²) in [6, 6.07) is 11.7. The highest BCUT2D eigenvalue weighted by Gasteiger charge is 2.27. The highest BCUT2D eigenvalue weighted by molar-refractivity contribution is 6.35. The summed E-state index contributed by atoms with van der Waals surface area (Å²) in [5.41, 5.74) is 2.81. The number of rotatable bonds is 5. The van der Waals surface area contributed by atoms with E-state index >= 15 is 0 Å². The quantitative estimate of drug-likeness (QED) is 0.766. The Morgan fingerprint density at radius 2 is 1.77 bits per heavy atom. The van der Waals surface area contributed by atoms with E-state index < -0.39 is 11.8 Å². The van der Waals surface area contributed by atoms with Crippen molar-refractivity contribution in [3.05, 3.63) is 59.4 Å². The largest absolute Gasteiger partial charge is 0.494 e. The van der Waals surface area contributed by atoms with Gasteiger partial charge in [-0.05, 0) is 51.1 Å². The van der Waals surface area contributed by atoms with Crippen LogP contribution in [0, 0.1) is 12.7 Å². The molecule has 1 aliphatic rings. The topological polar surface area (TPSA) is 61.9 Å². The lowest BCUT2D eigenvalue weighted by atomic mass is 10.0. The van der Waals surface area contributed by atoms with Gasteiger partial charge in [0.1, 0.15) is 11.6 Å². The van der Waals surface area contributed by atoms with Crippen molar-refractivity contribution in [2.75, 3.05) is 37.7 Å². The van der Waals surface area contributed by atoms with E-state index in [1.165, 1.54) is 12.1 Å². The summed E-state index contributed by atoms with van der Waals surface area (Å²) in [4.78, 5) is 28.8. The van der Waals surface area contributed by atoms with Crippen LogP contribution >= 0.6 is 0 Å². The van der Waals surface area contributed by atoms with Crippen molar-refractivity contribution in [1.29, 1.82) is 0 Å². The maximum Gasteiger partial charge on any atom is 0.312 e. The van der Waals surface area contributed by atoms with Gasteiger partial charge in [0.25, 0.3) is 0 Å². The average molecular weight is 413 g/mol. The van der Waals surface area contributed by atoms with Gasteiger partial charge in [0.15, 0.2) is 0 Å². The predicted octanol–water partition coefficient (Wildman–Crippen LogP) is 3.06. The van der Waals surface area contributed by atoms with Crippen molar-refractivity contribution in [3.8, 4) is 5.75 Å². The van der Waals surface area contributed by atoms with E-state index in [9.17, 15) is 14.0 Å². The van der Waals surface area contributed by atoms with Crippen LogP contribution in [0.5, 0.6) is 5.75 Å². The first kappa shape index (κ1) is 21.6. The van der Waals surface area contributed by atoms with Crippen molar-refractivity contribution in [2.24, 2.45) is 0 Å². The van der Waals surface area contributed by atoms with Crippen LogP contribution in [0.2, 0.25) is 0 Å². The maximum absolute atomic E-state index is 13.1. The number of nitrogens with one attached hydrogen (secondary N) is 1. The highest BCUT2D eigenvalue weighted by atomic mass is 19.1. The molecule has 3 rings (SSSR count). The zero-order valence-electron chi connectivity index (χ0n) is 17.7.